The Labute approximate surface area is 178 Å². The van der Waals surface area contributed by atoms with Crippen molar-refractivity contribution in [3.05, 3.63) is 46.2 Å². The van der Waals surface area contributed by atoms with Crippen molar-refractivity contribution in [3.63, 3.8) is 0 Å². The Morgan fingerprint density at radius 2 is 1.67 bits per heavy atom. The molecular formula is C19H23ClN7O3+. The first-order valence-corrected chi connectivity index (χ1v) is 9.62. The van der Waals surface area contributed by atoms with Crippen LogP contribution in [0.3, 0.4) is 0 Å². The van der Waals surface area contributed by atoms with E-state index >= 15 is 0 Å². The lowest BCUT2D eigenvalue weighted by Gasteiger charge is -2.31. The molecule has 5 N–H and O–H groups in total. The molecule has 1 aromatic heterocycles. The van der Waals surface area contributed by atoms with E-state index in [2.05, 4.69) is 15.3 Å². The molecule has 0 radical (unpaired) electrons. The lowest BCUT2D eigenvalue weighted by atomic mass is 10.1. The number of carbonyl (C=O) groups is 3. The van der Waals surface area contributed by atoms with Crippen LogP contribution in [0.4, 0.5) is 11.6 Å². The van der Waals surface area contributed by atoms with Gasteiger partial charge in [0.15, 0.2) is 22.5 Å². The monoisotopic (exact) mass is 432 g/mol. The first kappa shape index (κ1) is 21.5. The van der Waals surface area contributed by atoms with Crippen LogP contribution in [0.5, 0.6) is 0 Å². The summed E-state index contributed by atoms with van der Waals surface area (Å²) in [5, 5.41) is 2.63. The Hall–Kier alpha value is -3.24. The minimum Gasteiger partial charge on any atom is -0.382 e. The molecule has 2 heterocycles. The van der Waals surface area contributed by atoms with Gasteiger partial charge in [0.05, 0.1) is 51.4 Å². The van der Waals surface area contributed by atoms with E-state index in [1.165, 1.54) is 4.90 Å². The van der Waals surface area contributed by atoms with Crippen molar-refractivity contribution in [2.24, 2.45) is 0 Å². The van der Waals surface area contributed by atoms with E-state index in [4.69, 9.17) is 23.1 Å². The smallest absolute Gasteiger partial charge is 0.273 e. The molecule has 3 amide bonds. The van der Waals surface area contributed by atoms with E-state index in [-0.39, 0.29) is 40.8 Å². The molecule has 158 valence electrons. The number of fused-ring (bicyclic) bond motifs is 1. The Kier molecular flexibility index (Phi) is 5.90. The summed E-state index contributed by atoms with van der Waals surface area (Å²) in [5.74, 6) is -1.22. The predicted octanol–water partition coefficient (Wildman–Crippen LogP) is 0.397. The Morgan fingerprint density at radius 3 is 2.27 bits per heavy atom. The minimum atomic E-state index is -0.512. The number of likely N-dealkylation sites (N-methyl/N-ethyl adjacent to an activating group) is 1. The fourth-order valence-electron chi connectivity index (χ4n) is 3.09. The molecule has 1 aliphatic rings. The van der Waals surface area contributed by atoms with Crippen LogP contribution in [0.1, 0.15) is 31.2 Å². The highest BCUT2D eigenvalue weighted by molar-refractivity contribution is 6.31. The molecule has 10 nitrogen and oxygen atoms in total. The minimum absolute atomic E-state index is 0.0447. The summed E-state index contributed by atoms with van der Waals surface area (Å²) >= 11 is 5.80. The lowest BCUT2D eigenvalue weighted by Crippen LogP contribution is -2.50. The summed E-state index contributed by atoms with van der Waals surface area (Å²) in [4.78, 5) is 46.1. The van der Waals surface area contributed by atoms with Crippen LogP contribution in [0.25, 0.3) is 0 Å². The first-order chi connectivity index (χ1) is 14.1. The van der Waals surface area contributed by atoms with Gasteiger partial charge in [-0.25, -0.2) is 9.97 Å². The van der Waals surface area contributed by atoms with Crippen molar-refractivity contribution in [1.29, 1.82) is 0 Å². The Morgan fingerprint density at radius 1 is 1.07 bits per heavy atom. The van der Waals surface area contributed by atoms with Crippen molar-refractivity contribution < 1.29 is 18.9 Å². The van der Waals surface area contributed by atoms with E-state index in [0.29, 0.717) is 35.2 Å². The first-order valence-electron chi connectivity index (χ1n) is 9.24. The number of hydrogen-bond acceptors (Lipinski definition) is 7. The molecule has 0 saturated heterocycles. The zero-order chi connectivity index (χ0) is 22.1. The van der Waals surface area contributed by atoms with Gasteiger partial charge in [-0.3, -0.25) is 19.3 Å². The van der Waals surface area contributed by atoms with Crippen molar-refractivity contribution in [1.82, 2.24) is 20.2 Å². The normalized spacial score (nSPS) is 13.5. The van der Waals surface area contributed by atoms with Crippen LogP contribution in [0.2, 0.25) is 5.15 Å². The number of aromatic nitrogens is 2. The summed E-state index contributed by atoms with van der Waals surface area (Å²) in [5.41, 5.74) is 12.0. The van der Waals surface area contributed by atoms with Gasteiger partial charge in [-0.1, -0.05) is 23.7 Å². The zero-order valence-electron chi connectivity index (χ0n) is 16.7. The highest BCUT2D eigenvalue weighted by atomic mass is 35.5. The van der Waals surface area contributed by atoms with Gasteiger partial charge in [0, 0.05) is 0 Å². The number of carbonyl (C=O) groups excluding carboxylic acids is 3. The maximum Gasteiger partial charge on any atom is 0.273 e. The number of amides is 3. The number of imide groups is 1. The number of benzene rings is 1. The fraction of sp³-hybridized carbons (Fsp3) is 0.316. The van der Waals surface area contributed by atoms with Gasteiger partial charge >= 0.3 is 0 Å². The zero-order valence-corrected chi connectivity index (χ0v) is 17.4. The van der Waals surface area contributed by atoms with Crippen LogP contribution >= 0.6 is 11.6 Å². The van der Waals surface area contributed by atoms with E-state index in [9.17, 15) is 14.4 Å². The molecule has 0 atom stereocenters. The van der Waals surface area contributed by atoms with Gasteiger partial charge in [-0.05, 0) is 12.1 Å². The van der Waals surface area contributed by atoms with E-state index < -0.39 is 5.91 Å². The van der Waals surface area contributed by atoms with Crippen LogP contribution in [0.15, 0.2) is 24.3 Å². The number of halogens is 1. The summed E-state index contributed by atoms with van der Waals surface area (Å²) in [6, 6.07) is 6.79. The second kappa shape index (κ2) is 8.25. The molecule has 0 aliphatic carbocycles. The van der Waals surface area contributed by atoms with Gasteiger partial charge in [0.1, 0.15) is 0 Å². The van der Waals surface area contributed by atoms with Crippen molar-refractivity contribution in [2.45, 2.75) is 0 Å². The highest BCUT2D eigenvalue weighted by Crippen LogP contribution is 2.22. The number of anilines is 2. The molecule has 0 fully saturated rings. The molecule has 3 rings (SSSR count). The number of hydrogen-bond donors (Lipinski definition) is 3. The topological polar surface area (TPSA) is 144 Å². The number of nitrogens with one attached hydrogen (secondary N) is 1. The second-order valence-electron chi connectivity index (χ2n) is 7.58. The number of nitrogens with two attached hydrogens (primary N) is 2. The molecule has 0 saturated carbocycles. The van der Waals surface area contributed by atoms with Gasteiger partial charge in [-0.2, -0.15) is 0 Å². The molecular weight excluding hydrogens is 410 g/mol. The second-order valence-corrected chi connectivity index (χ2v) is 7.94. The largest absolute Gasteiger partial charge is 0.382 e. The standard InChI is InChI=1S/C19H22ClN7O3/c1-27(2,9-7-23-17(28)13-15(21)25-16(22)14(20)24-13)10-8-26-18(29)11-5-3-4-6-12(11)19(26)30/h3-6H,7-10H2,1-2H3,(H4-,21,22,23,25,28)/p+1. The van der Waals surface area contributed by atoms with Crippen LogP contribution in [-0.2, 0) is 0 Å². The van der Waals surface area contributed by atoms with Gasteiger partial charge in [0.2, 0.25) is 0 Å². The molecule has 0 bridgehead atoms. The van der Waals surface area contributed by atoms with Gasteiger partial charge in [0.25, 0.3) is 17.7 Å². The third kappa shape index (κ3) is 4.34. The van der Waals surface area contributed by atoms with Gasteiger partial charge in [-0.15, -0.1) is 0 Å². The summed E-state index contributed by atoms with van der Waals surface area (Å²) in [6.07, 6.45) is 0. The van der Waals surface area contributed by atoms with Crippen molar-refractivity contribution >= 4 is 41.0 Å². The average molecular weight is 433 g/mol. The summed E-state index contributed by atoms with van der Waals surface area (Å²) in [6.45, 7) is 1.66. The number of quaternary nitrogens is 1. The van der Waals surface area contributed by atoms with E-state index in [1.54, 1.807) is 24.3 Å². The molecule has 0 unspecified atom stereocenters. The van der Waals surface area contributed by atoms with Crippen LogP contribution in [0, 0.1) is 0 Å². The SMILES string of the molecule is C[N+](C)(CCNC(=O)c1nc(Cl)c(N)nc1N)CCN1C(=O)c2ccccc2C1=O. The van der Waals surface area contributed by atoms with Crippen LogP contribution in [-0.4, -0.2) is 77.3 Å². The lowest BCUT2D eigenvalue weighted by molar-refractivity contribution is -0.888. The van der Waals surface area contributed by atoms with Gasteiger partial charge < -0.3 is 21.3 Å². The Bertz CT molecular complexity index is 990. The number of nitrogen functional groups attached to an aromatic ring is 2. The summed E-state index contributed by atoms with van der Waals surface area (Å²) in [7, 11) is 3.89. The molecule has 0 spiro atoms. The fourth-order valence-corrected chi connectivity index (χ4v) is 3.22. The van der Waals surface area contributed by atoms with E-state index in [1.807, 2.05) is 14.1 Å². The van der Waals surface area contributed by atoms with Crippen molar-refractivity contribution in [2.75, 3.05) is 51.7 Å². The Balaban J connectivity index is 1.53. The predicted molar refractivity (Wildman–Crippen MR) is 112 cm³/mol. The van der Waals surface area contributed by atoms with E-state index in [0.717, 1.165) is 0 Å². The third-order valence-corrected chi connectivity index (χ3v) is 5.21. The van der Waals surface area contributed by atoms with Crippen molar-refractivity contribution in [3.8, 4) is 0 Å². The van der Waals surface area contributed by atoms with Crippen LogP contribution < -0.4 is 16.8 Å². The molecule has 11 heteroatoms. The third-order valence-electron chi connectivity index (χ3n) is 4.93. The molecule has 1 aromatic carbocycles. The number of nitrogens with zero attached hydrogens (tertiary/aromatic N) is 4. The molecule has 2 aromatic rings. The molecule has 30 heavy (non-hydrogen) atoms. The maximum absolute atomic E-state index is 12.5. The average Bonchev–Trinajstić information content (AvgIpc) is 2.93. The maximum atomic E-state index is 12.5. The molecule has 1 aliphatic heterocycles. The highest BCUT2D eigenvalue weighted by Gasteiger charge is 2.36. The summed E-state index contributed by atoms with van der Waals surface area (Å²) < 4.78 is 0.470. The number of rotatable bonds is 7. The quantitative estimate of drug-likeness (QED) is 0.424.